The van der Waals surface area contributed by atoms with Crippen LogP contribution >= 0.6 is 0 Å². The molecule has 176 valence electrons. The maximum absolute atomic E-state index is 14.0. The van der Waals surface area contributed by atoms with Crippen molar-refractivity contribution in [2.24, 2.45) is 0 Å². The summed E-state index contributed by atoms with van der Waals surface area (Å²) in [4.78, 5) is 37.8. The van der Waals surface area contributed by atoms with E-state index in [0.717, 1.165) is 11.6 Å². The molecule has 34 heavy (non-hydrogen) atoms. The molecule has 3 aromatic rings. The fourth-order valence-electron chi connectivity index (χ4n) is 4.37. The zero-order valence-electron chi connectivity index (χ0n) is 18.3. The van der Waals surface area contributed by atoms with Gasteiger partial charge in [-0.25, -0.2) is 8.78 Å². The van der Waals surface area contributed by atoms with E-state index >= 15 is 0 Å². The van der Waals surface area contributed by atoms with Crippen molar-refractivity contribution in [3.05, 3.63) is 98.5 Å². The summed E-state index contributed by atoms with van der Waals surface area (Å²) in [6, 6.07) is 11.8. The van der Waals surface area contributed by atoms with E-state index in [9.17, 15) is 28.3 Å². The second-order valence-corrected chi connectivity index (χ2v) is 8.23. The van der Waals surface area contributed by atoms with Crippen molar-refractivity contribution in [1.82, 2.24) is 15.2 Å². The fourth-order valence-corrected chi connectivity index (χ4v) is 4.37. The Morgan fingerprint density at radius 3 is 2.59 bits per heavy atom. The van der Waals surface area contributed by atoms with Crippen LogP contribution in [-0.4, -0.2) is 21.9 Å². The van der Waals surface area contributed by atoms with Crippen LogP contribution in [0.15, 0.2) is 53.3 Å². The Hall–Kier alpha value is -3.85. The number of pyridine rings is 1. The van der Waals surface area contributed by atoms with Crippen molar-refractivity contribution in [3.8, 4) is 5.75 Å². The molecular weight excluding hydrogens is 444 g/mol. The van der Waals surface area contributed by atoms with Gasteiger partial charge in [0.05, 0.1) is 11.7 Å². The van der Waals surface area contributed by atoms with Gasteiger partial charge < -0.3 is 20.3 Å². The van der Waals surface area contributed by atoms with Crippen molar-refractivity contribution >= 4 is 12.2 Å². The zero-order valence-corrected chi connectivity index (χ0v) is 18.3. The van der Waals surface area contributed by atoms with Gasteiger partial charge in [-0.3, -0.25) is 14.4 Å². The van der Waals surface area contributed by atoms with Gasteiger partial charge in [-0.2, -0.15) is 0 Å². The summed E-state index contributed by atoms with van der Waals surface area (Å²) in [5.74, 6) is -3.23. The van der Waals surface area contributed by atoms with Crippen molar-refractivity contribution < 1.29 is 23.5 Å². The van der Waals surface area contributed by atoms with E-state index in [1.54, 1.807) is 0 Å². The predicted molar refractivity (Wildman–Crippen MR) is 121 cm³/mol. The number of hydrogen-bond acceptors (Lipinski definition) is 5. The average molecular weight is 467 g/mol. The maximum Gasteiger partial charge on any atom is 0.257 e. The highest BCUT2D eigenvalue weighted by atomic mass is 19.1. The number of amides is 1. The van der Waals surface area contributed by atoms with Gasteiger partial charge in [-0.05, 0) is 25.0 Å². The highest BCUT2D eigenvalue weighted by Gasteiger charge is 2.37. The Morgan fingerprint density at radius 2 is 1.91 bits per heavy atom. The number of aldehydes is 1. The Labute approximate surface area is 194 Å². The molecule has 2 heterocycles. The van der Waals surface area contributed by atoms with E-state index in [2.05, 4.69) is 10.6 Å². The van der Waals surface area contributed by atoms with E-state index < -0.39 is 34.8 Å². The minimum Gasteiger partial charge on any atom is -0.503 e. The average Bonchev–Trinajstić information content (AvgIpc) is 3.14. The van der Waals surface area contributed by atoms with Gasteiger partial charge in [0.2, 0.25) is 5.43 Å². The molecule has 7 nitrogen and oxygen atoms in total. The minimum atomic E-state index is -0.981. The van der Waals surface area contributed by atoms with Gasteiger partial charge in [0, 0.05) is 30.8 Å². The van der Waals surface area contributed by atoms with Crippen LogP contribution in [0.4, 0.5) is 8.78 Å². The smallest absolute Gasteiger partial charge is 0.257 e. The highest BCUT2D eigenvalue weighted by molar-refractivity contribution is 5.97. The van der Waals surface area contributed by atoms with Gasteiger partial charge in [0.1, 0.15) is 22.9 Å². The molecule has 1 unspecified atom stereocenters. The van der Waals surface area contributed by atoms with Crippen LogP contribution in [0.25, 0.3) is 0 Å². The second kappa shape index (κ2) is 9.56. The summed E-state index contributed by atoms with van der Waals surface area (Å²) in [5.41, 5.74) is -0.190. The molecule has 0 spiro atoms. The van der Waals surface area contributed by atoms with Crippen molar-refractivity contribution in [2.45, 2.75) is 38.5 Å². The van der Waals surface area contributed by atoms with Crippen LogP contribution in [0.5, 0.6) is 5.75 Å². The number of nitrogens with one attached hydrogen (secondary N) is 2. The number of hydrogen-bond donors (Lipinski definition) is 3. The third kappa shape index (κ3) is 4.34. The lowest BCUT2D eigenvalue weighted by Crippen LogP contribution is -2.34. The lowest BCUT2D eigenvalue weighted by Gasteiger charge is -2.19. The molecule has 2 aromatic carbocycles. The highest BCUT2D eigenvalue weighted by Crippen LogP contribution is 2.38. The molecule has 4 rings (SSSR count). The lowest BCUT2D eigenvalue weighted by molar-refractivity contribution is 0.0945. The van der Waals surface area contributed by atoms with Crippen molar-refractivity contribution in [3.63, 3.8) is 0 Å². The lowest BCUT2D eigenvalue weighted by atomic mass is 10.0. The van der Waals surface area contributed by atoms with Crippen LogP contribution in [0.1, 0.15) is 63.1 Å². The van der Waals surface area contributed by atoms with E-state index in [4.69, 9.17) is 0 Å². The number of halogens is 2. The first-order valence-electron chi connectivity index (χ1n) is 10.8. The predicted octanol–water partition coefficient (Wildman–Crippen LogP) is 3.37. The third-order valence-electron chi connectivity index (χ3n) is 6.00. The Balaban J connectivity index is 1.70. The number of aromatic hydroxyl groups is 1. The van der Waals surface area contributed by atoms with E-state index in [-0.39, 0.29) is 35.1 Å². The van der Waals surface area contributed by atoms with Crippen LogP contribution in [0.2, 0.25) is 0 Å². The largest absolute Gasteiger partial charge is 0.503 e. The van der Waals surface area contributed by atoms with Crippen molar-refractivity contribution in [1.29, 1.82) is 0 Å². The van der Waals surface area contributed by atoms with Crippen LogP contribution in [-0.2, 0) is 13.1 Å². The fraction of sp³-hybridized carbons (Fsp3) is 0.240. The second-order valence-electron chi connectivity index (χ2n) is 8.23. The van der Waals surface area contributed by atoms with Crippen LogP contribution in [0.3, 0.4) is 0 Å². The van der Waals surface area contributed by atoms with Gasteiger partial charge >= 0.3 is 0 Å². The number of carbonyl (C=O) groups excluding carboxylic acids is 2. The molecule has 1 aromatic heterocycles. The monoisotopic (exact) mass is 467 g/mol. The van der Waals surface area contributed by atoms with Crippen molar-refractivity contribution in [2.75, 3.05) is 0 Å². The molecule has 0 saturated carbocycles. The summed E-state index contributed by atoms with van der Waals surface area (Å²) >= 11 is 0. The van der Waals surface area contributed by atoms with Gasteiger partial charge in [0.25, 0.3) is 5.91 Å². The summed E-state index contributed by atoms with van der Waals surface area (Å²) < 4.78 is 28.7. The number of benzene rings is 2. The van der Waals surface area contributed by atoms with Gasteiger partial charge in [-0.15, -0.1) is 0 Å². The third-order valence-corrected chi connectivity index (χ3v) is 6.00. The molecule has 2 atom stereocenters. The molecule has 1 amide bonds. The molecule has 1 aliphatic rings. The topological polar surface area (TPSA) is 100 Å². The standard InChI is InChI=1S/C25H23F2N3O4/c1-14-9-19(28-11-15-5-3-2-4-6-15)22-21(24(33)23(32)20(13-31)30(14)22)25(34)29-12-16-7-8-17(26)10-18(16)27/h2-8,10,13-14,19,28,32H,9,11-12H2,1H3,(H,29,34)/t14-,19?/m0/s1. The molecule has 0 radical (unpaired) electrons. The van der Waals surface area contributed by atoms with Gasteiger partial charge in [-0.1, -0.05) is 36.4 Å². The molecule has 0 saturated heterocycles. The summed E-state index contributed by atoms with van der Waals surface area (Å²) in [6.45, 7) is 1.98. The number of fused-ring (bicyclic) bond motifs is 1. The van der Waals surface area contributed by atoms with Crippen LogP contribution < -0.4 is 16.1 Å². The molecule has 1 aliphatic heterocycles. The molecular formula is C25H23F2N3O4. The molecule has 3 N–H and O–H groups in total. The molecule has 0 bridgehead atoms. The van der Waals surface area contributed by atoms with Crippen LogP contribution in [0, 0.1) is 11.6 Å². The first-order valence-corrected chi connectivity index (χ1v) is 10.8. The van der Waals surface area contributed by atoms with Gasteiger partial charge in [0.15, 0.2) is 12.0 Å². The molecule has 0 aliphatic carbocycles. The summed E-state index contributed by atoms with van der Waals surface area (Å²) in [5, 5.41) is 16.2. The maximum atomic E-state index is 14.0. The first-order chi connectivity index (χ1) is 16.3. The summed E-state index contributed by atoms with van der Waals surface area (Å²) in [7, 11) is 0. The normalized spacial score (nSPS) is 16.8. The molecule has 9 heteroatoms. The number of rotatable bonds is 7. The quantitative estimate of drug-likeness (QED) is 0.463. The Kier molecular flexibility index (Phi) is 6.56. The number of aromatic nitrogens is 1. The zero-order chi connectivity index (χ0) is 24.4. The van der Waals surface area contributed by atoms with E-state index in [1.165, 1.54) is 10.6 Å². The Morgan fingerprint density at radius 1 is 1.18 bits per heavy atom. The SMILES string of the molecule is C[C@H]1CC(NCc2ccccc2)c2c(C(=O)NCc3ccc(F)cc3F)c(=O)c(O)c(C=O)n21. The van der Waals surface area contributed by atoms with E-state index in [1.807, 2.05) is 37.3 Å². The number of nitrogens with zero attached hydrogens (tertiary/aromatic N) is 1. The summed E-state index contributed by atoms with van der Waals surface area (Å²) in [6.07, 6.45) is 0.870. The minimum absolute atomic E-state index is 0.0346. The number of carbonyl (C=O) groups is 2. The Bertz CT molecular complexity index is 1310. The first kappa shape index (κ1) is 23.3. The van der Waals surface area contributed by atoms with E-state index in [0.29, 0.717) is 25.3 Å². The molecule has 0 fully saturated rings.